The minimum absolute atomic E-state index is 0.0365. The number of anilines is 1. The van der Waals surface area contributed by atoms with E-state index < -0.39 is 11.2 Å². The lowest BCUT2D eigenvalue weighted by molar-refractivity contribution is -0.0742. The van der Waals surface area contributed by atoms with Crippen LogP contribution in [0.3, 0.4) is 0 Å². The fourth-order valence-corrected chi connectivity index (χ4v) is 4.48. The molecule has 1 atom stereocenters. The Morgan fingerprint density at radius 3 is 2.34 bits per heavy atom. The van der Waals surface area contributed by atoms with Gasteiger partial charge in [0.05, 0.1) is 18.8 Å². The third-order valence-corrected chi connectivity index (χ3v) is 6.37. The number of ether oxygens (including phenoxy) is 2. The van der Waals surface area contributed by atoms with Crippen molar-refractivity contribution in [2.75, 3.05) is 57.4 Å². The number of β-amino-alcohol motifs (C(OH)–C–C–N with tert-alkyl or cyclic N) is 2. The number of hydrogen-bond acceptors (Lipinski definition) is 6. The maximum absolute atomic E-state index is 13.1. The molecule has 6 nitrogen and oxygen atoms in total. The van der Waals surface area contributed by atoms with Crippen LogP contribution in [0.1, 0.15) is 18.4 Å². The molecule has 2 heterocycles. The monoisotopic (exact) mass is 444 g/mol. The lowest BCUT2D eigenvalue weighted by atomic mass is 9.90. The maximum Gasteiger partial charge on any atom is 0.134 e. The molecule has 2 N–H and O–H groups in total. The molecule has 32 heavy (non-hydrogen) atoms. The lowest BCUT2D eigenvalue weighted by Gasteiger charge is -2.42. The smallest absolute Gasteiger partial charge is 0.134 e. The van der Waals surface area contributed by atoms with Crippen molar-refractivity contribution in [3.8, 4) is 5.75 Å². The minimum Gasteiger partial charge on any atom is -0.490 e. The zero-order chi connectivity index (χ0) is 22.6. The van der Waals surface area contributed by atoms with Gasteiger partial charge in [0.15, 0.2) is 0 Å². The van der Waals surface area contributed by atoms with Crippen LogP contribution in [0.4, 0.5) is 10.1 Å². The summed E-state index contributed by atoms with van der Waals surface area (Å²) in [7, 11) is 0. The van der Waals surface area contributed by atoms with Crippen molar-refractivity contribution >= 4 is 5.69 Å². The van der Waals surface area contributed by atoms with E-state index in [1.807, 2.05) is 0 Å². The Bertz CT molecular complexity index is 869. The van der Waals surface area contributed by atoms with E-state index in [0.717, 1.165) is 13.1 Å². The Labute approximate surface area is 189 Å². The molecule has 2 fully saturated rings. The van der Waals surface area contributed by atoms with Crippen LogP contribution in [0.25, 0.3) is 0 Å². The Kier molecular flexibility index (Phi) is 7.00. The molecule has 0 aliphatic carbocycles. The second-order valence-corrected chi connectivity index (χ2v) is 9.28. The highest BCUT2D eigenvalue weighted by Gasteiger charge is 2.39. The van der Waals surface area contributed by atoms with Crippen LogP contribution in [0.2, 0.25) is 0 Å². The summed E-state index contributed by atoms with van der Waals surface area (Å²) in [6, 6.07) is 14.2. The first kappa shape index (κ1) is 23.0. The molecule has 0 spiro atoms. The van der Waals surface area contributed by atoms with Gasteiger partial charge in [0.1, 0.15) is 23.8 Å². The number of nitrogens with zero attached hydrogens (tertiary/aromatic N) is 2. The first-order chi connectivity index (χ1) is 15.3. The van der Waals surface area contributed by atoms with E-state index in [1.54, 1.807) is 12.1 Å². The molecule has 0 radical (unpaired) electrons. The quantitative estimate of drug-likeness (QED) is 0.714. The second kappa shape index (κ2) is 9.75. The van der Waals surface area contributed by atoms with Gasteiger partial charge in [-0.05, 0) is 56.2 Å². The summed E-state index contributed by atoms with van der Waals surface area (Å²) in [5, 5.41) is 22.4. The Morgan fingerprint density at radius 2 is 1.66 bits per heavy atom. The Morgan fingerprint density at radius 1 is 0.969 bits per heavy atom. The Balaban J connectivity index is 1.32. The van der Waals surface area contributed by atoms with E-state index in [9.17, 15) is 14.6 Å². The number of aryl methyl sites for hydroxylation is 1. The van der Waals surface area contributed by atoms with Gasteiger partial charge in [-0.15, -0.1) is 0 Å². The highest BCUT2D eigenvalue weighted by atomic mass is 19.1. The highest BCUT2D eigenvalue weighted by Crippen LogP contribution is 2.28. The molecule has 2 saturated heterocycles. The normalized spacial score (nSPS) is 24.2. The molecule has 174 valence electrons. The van der Waals surface area contributed by atoms with E-state index in [1.165, 1.54) is 23.4 Å². The van der Waals surface area contributed by atoms with Crippen LogP contribution < -0.4 is 9.64 Å². The van der Waals surface area contributed by atoms with Crippen molar-refractivity contribution in [3.05, 3.63) is 59.9 Å². The third kappa shape index (κ3) is 5.98. The first-order valence-corrected chi connectivity index (χ1v) is 11.3. The van der Waals surface area contributed by atoms with Gasteiger partial charge in [-0.2, -0.15) is 0 Å². The van der Waals surface area contributed by atoms with Gasteiger partial charge >= 0.3 is 0 Å². The number of aliphatic hydroxyl groups is 2. The minimum atomic E-state index is -1.20. The van der Waals surface area contributed by atoms with E-state index in [0.29, 0.717) is 44.8 Å². The Hall–Kier alpha value is -2.19. The molecular formula is C25H33FN2O4. The van der Waals surface area contributed by atoms with Crippen molar-refractivity contribution in [3.63, 3.8) is 0 Å². The van der Waals surface area contributed by atoms with Crippen LogP contribution in [0.15, 0.2) is 48.5 Å². The van der Waals surface area contributed by atoms with E-state index in [-0.39, 0.29) is 19.0 Å². The van der Waals surface area contributed by atoms with Crippen LogP contribution >= 0.6 is 0 Å². The molecule has 0 unspecified atom stereocenters. The van der Waals surface area contributed by atoms with Crippen LogP contribution in [0.5, 0.6) is 5.75 Å². The number of hydrogen-bond donors (Lipinski definition) is 2. The molecule has 0 aromatic heterocycles. The van der Waals surface area contributed by atoms with Gasteiger partial charge in [-0.1, -0.05) is 17.7 Å². The van der Waals surface area contributed by atoms with E-state index >= 15 is 0 Å². The summed E-state index contributed by atoms with van der Waals surface area (Å²) in [5.41, 5.74) is 0.420. The topological polar surface area (TPSA) is 65.4 Å². The lowest BCUT2D eigenvalue weighted by Crippen LogP contribution is -2.55. The summed E-state index contributed by atoms with van der Waals surface area (Å²) in [5.74, 6) is 0.166. The molecular weight excluding hydrogens is 411 g/mol. The predicted octanol–water partition coefficient (Wildman–Crippen LogP) is 2.61. The summed E-state index contributed by atoms with van der Waals surface area (Å²) in [4.78, 5) is 4.38. The molecule has 0 amide bonds. The van der Waals surface area contributed by atoms with Crippen LogP contribution in [-0.4, -0.2) is 78.9 Å². The zero-order valence-corrected chi connectivity index (χ0v) is 18.7. The molecule has 0 saturated carbocycles. The SMILES string of the molecule is Cc1ccc(N2CCC(O)(CN3CCOC[C@@](O)(COc4ccc(F)cc4)C3)CC2)cc1. The largest absolute Gasteiger partial charge is 0.490 e. The van der Waals surface area contributed by atoms with Crippen molar-refractivity contribution in [1.82, 2.24) is 4.90 Å². The molecule has 0 bridgehead atoms. The molecule has 2 aromatic rings. The summed E-state index contributed by atoms with van der Waals surface area (Å²) < 4.78 is 24.4. The first-order valence-electron chi connectivity index (χ1n) is 11.3. The average molecular weight is 445 g/mol. The molecule has 4 rings (SSSR count). The predicted molar refractivity (Wildman–Crippen MR) is 122 cm³/mol. The van der Waals surface area contributed by atoms with Crippen molar-refractivity contribution in [1.29, 1.82) is 0 Å². The van der Waals surface area contributed by atoms with Crippen molar-refractivity contribution in [2.45, 2.75) is 31.0 Å². The van der Waals surface area contributed by atoms with Crippen molar-refractivity contribution in [2.24, 2.45) is 0 Å². The van der Waals surface area contributed by atoms with Gasteiger partial charge in [-0.3, -0.25) is 4.90 Å². The molecule has 7 heteroatoms. The van der Waals surface area contributed by atoms with Gasteiger partial charge in [0.25, 0.3) is 0 Å². The fourth-order valence-electron chi connectivity index (χ4n) is 4.48. The van der Waals surface area contributed by atoms with E-state index in [2.05, 4.69) is 41.0 Å². The fraction of sp³-hybridized carbons (Fsp3) is 0.520. The third-order valence-electron chi connectivity index (χ3n) is 6.37. The van der Waals surface area contributed by atoms with Gasteiger partial charge in [-0.25, -0.2) is 4.39 Å². The summed E-state index contributed by atoms with van der Waals surface area (Å²) in [6.45, 7) is 5.82. The standard InChI is InChI=1S/C25H33FN2O4/c1-20-2-6-22(7-3-20)28-12-10-24(29,11-13-28)16-27-14-15-31-18-25(30,17-27)19-32-23-8-4-21(26)5-9-23/h2-9,29-30H,10-19H2,1H3/t25-/m1/s1. The average Bonchev–Trinajstić information content (AvgIpc) is 2.95. The van der Waals surface area contributed by atoms with Gasteiger partial charge in [0.2, 0.25) is 0 Å². The van der Waals surface area contributed by atoms with Gasteiger partial charge < -0.3 is 24.6 Å². The number of benzene rings is 2. The summed E-state index contributed by atoms with van der Waals surface area (Å²) >= 11 is 0. The van der Waals surface area contributed by atoms with Gasteiger partial charge in [0, 0.05) is 38.4 Å². The van der Waals surface area contributed by atoms with Crippen LogP contribution in [-0.2, 0) is 4.74 Å². The number of halogens is 1. The molecule has 2 aromatic carbocycles. The van der Waals surface area contributed by atoms with Crippen molar-refractivity contribution < 1.29 is 24.1 Å². The number of rotatable bonds is 6. The maximum atomic E-state index is 13.1. The highest BCUT2D eigenvalue weighted by molar-refractivity contribution is 5.48. The molecule has 2 aliphatic rings. The zero-order valence-electron chi connectivity index (χ0n) is 18.7. The summed E-state index contributed by atoms with van der Waals surface area (Å²) in [6.07, 6.45) is 1.34. The van der Waals surface area contributed by atoms with Crippen LogP contribution in [0, 0.1) is 12.7 Å². The molecule has 2 aliphatic heterocycles. The van der Waals surface area contributed by atoms with E-state index in [4.69, 9.17) is 9.47 Å². The number of piperidine rings is 1. The second-order valence-electron chi connectivity index (χ2n) is 9.28.